The molecular weight excluding hydrogens is 380 g/mol. The van der Waals surface area contributed by atoms with Crippen molar-refractivity contribution in [2.75, 3.05) is 0 Å². The molecule has 2 atom stereocenters. The Kier molecular flexibility index (Phi) is 5.21. The van der Waals surface area contributed by atoms with E-state index in [4.69, 9.17) is 0 Å². The van der Waals surface area contributed by atoms with Crippen molar-refractivity contribution in [2.24, 2.45) is 5.92 Å². The molecule has 0 N–H and O–H groups in total. The zero-order valence-electron chi connectivity index (χ0n) is 17.3. The molecule has 0 aromatic heterocycles. The van der Waals surface area contributed by atoms with E-state index in [9.17, 15) is 9.59 Å². The second kappa shape index (κ2) is 8.31. The second-order valence-corrected chi connectivity index (χ2v) is 8.33. The van der Waals surface area contributed by atoms with Crippen LogP contribution in [0.1, 0.15) is 50.6 Å². The minimum atomic E-state index is -0.201. The largest absolute Gasteiger partial charge is 0.294 e. The van der Waals surface area contributed by atoms with Gasteiger partial charge in [0.1, 0.15) is 0 Å². The Balaban J connectivity index is 1.55. The molecule has 5 rings (SSSR count). The van der Waals surface area contributed by atoms with Crippen LogP contribution < -0.4 is 0 Å². The number of fused-ring (bicyclic) bond motifs is 2. The van der Waals surface area contributed by atoms with Crippen LogP contribution in [0, 0.1) is 5.92 Å². The molecule has 2 heteroatoms. The number of benzene rings is 4. The highest BCUT2D eigenvalue weighted by atomic mass is 16.1. The van der Waals surface area contributed by atoms with E-state index in [-0.39, 0.29) is 23.4 Å². The van der Waals surface area contributed by atoms with Crippen LogP contribution in [-0.4, -0.2) is 11.6 Å². The van der Waals surface area contributed by atoms with E-state index in [0.717, 1.165) is 34.7 Å². The quantitative estimate of drug-likeness (QED) is 0.349. The summed E-state index contributed by atoms with van der Waals surface area (Å²) in [6.45, 7) is 0. The lowest BCUT2D eigenvalue weighted by molar-refractivity contribution is 0.0863. The fourth-order valence-corrected chi connectivity index (χ4v) is 5.00. The fourth-order valence-electron chi connectivity index (χ4n) is 5.00. The molecule has 2 nitrogen and oxygen atoms in total. The average molecular weight is 405 g/mol. The van der Waals surface area contributed by atoms with Crippen LogP contribution >= 0.6 is 0 Å². The van der Waals surface area contributed by atoms with Crippen LogP contribution in [0.5, 0.6) is 0 Å². The van der Waals surface area contributed by atoms with Crippen molar-refractivity contribution in [3.05, 3.63) is 119 Å². The zero-order valence-corrected chi connectivity index (χ0v) is 17.3. The summed E-state index contributed by atoms with van der Waals surface area (Å²) in [6.07, 6.45) is 1.99. The maximum Gasteiger partial charge on any atom is 0.167 e. The van der Waals surface area contributed by atoms with Gasteiger partial charge in [0.2, 0.25) is 0 Å². The molecule has 0 saturated carbocycles. The number of aryl methyl sites for hydroxylation is 1. The standard InChI is InChI=1S/C29H24O2/c30-28(22-11-2-1-3-12-22)19-27-24-15-7-5-10-21(24)17-18-26(27)29(31)25-16-8-13-20-9-4-6-14-23(20)25/h1-16,26-27H,17-19H2. The number of carbonyl (C=O) groups excluding carboxylic acids is 2. The molecule has 152 valence electrons. The minimum absolute atomic E-state index is 0.0954. The highest BCUT2D eigenvalue weighted by Gasteiger charge is 2.36. The Hall–Kier alpha value is -3.52. The number of carbonyl (C=O) groups is 2. The third kappa shape index (κ3) is 3.70. The van der Waals surface area contributed by atoms with Gasteiger partial charge >= 0.3 is 0 Å². The second-order valence-electron chi connectivity index (χ2n) is 8.33. The first-order valence-corrected chi connectivity index (χ1v) is 10.9. The third-order valence-corrected chi connectivity index (χ3v) is 6.56. The van der Waals surface area contributed by atoms with Crippen molar-refractivity contribution in [3.8, 4) is 0 Å². The van der Waals surface area contributed by atoms with Crippen LogP contribution in [0.3, 0.4) is 0 Å². The molecule has 0 amide bonds. The van der Waals surface area contributed by atoms with E-state index < -0.39 is 0 Å². The smallest absolute Gasteiger partial charge is 0.167 e. The van der Waals surface area contributed by atoms with Gasteiger partial charge in [-0.3, -0.25) is 9.59 Å². The first-order chi connectivity index (χ1) is 15.2. The lowest BCUT2D eigenvalue weighted by Gasteiger charge is -2.33. The maximum absolute atomic E-state index is 13.8. The highest BCUT2D eigenvalue weighted by Crippen LogP contribution is 2.41. The summed E-state index contributed by atoms with van der Waals surface area (Å²) in [7, 11) is 0. The Morgan fingerprint density at radius 3 is 2.32 bits per heavy atom. The molecule has 0 fully saturated rings. The van der Waals surface area contributed by atoms with Crippen molar-refractivity contribution in [1.29, 1.82) is 0 Å². The van der Waals surface area contributed by atoms with Gasteiger partial charge in [0.05, 0.1) is 0 Å². The lowest BCUT2D eigenvalue weighted by atomic mass is 9.69. The van der Waals surface area contributed by atoms with E-state index in [1.165, 1.54) is 5.56 Å². The number of Topliss-reactive ketones (excluding diaryl/α,β-unsaturated/α-hetero) is 2. The van der Waals surface area contributed by atoms with Gasteiger partial charge in [0, 0.05) is 29.4 Å². The van der Waals surface area contributed by atoms with Crippen LogP contribution in [0.25, 0.3) is 10.8 Å². The number of rotatable bonds is 5. The lowest BCUT2D eigenvalue weighted by Crippen LogP contribution is -2.29. The van der Waals surface area contributed by atoms with Crippen LogP contribution in [0.15, 0.2) is 97.1 Å². The monoisotopic (exact) mass is 404 g/mol. The van der Waals surface area contributed by atoms with Crippen molar-refractivity contribution in [1.82, 2.24) is 0 Å². The summed E-state index contributed by atoms with van der Waals surface area (Å²) in [6, 6.07) is 31.7. The SMILES string of the molecule is O=C(CC1c2ccccc2CCC1C(=O)c1cccc2ccccc12)c1ccccc1. The van der Waals surface area contributed by atoms with E-state index in [1.807, 2.05) is 84.9 Å². The van der Waals surface area contributed by atoms with Crippen LogP contribution in [0.2, 0.25) is 0 Å². The van der Waals surface area contributed by atoms with Gasteiger partial charge in [-0.2, -0.15) is 0 Å². The summed E-state index contributed by atoms with van der Waals surface area (Å²) in [5, 5.41) is 2.06. The summed E-state index contributed by atoms with van der Waals surface area (Å²) in [4.78, 5) is 27.0. The third-order valence-electron chi connectivity index (χ3n) is 6.56. The van der Waals surface area contributed by atoms with Gasteiger partial charge in [-0.25, -0.2) is 0 Å². The van der Waals surface area contributed by atoms with Gasteiger partial charge in [0.25, 0.3) is 0 Å². The fraction of sp³-hybridized carbons (Fsp3) is 0.172. The molecule has 0 radical (unpaired) electrons. The van der Waals surface area contributed by atoms with E-state index >= 15 is 0 Å². The van der Waals surface area contributed by atoms with Gasteiger partial charge < -0.3 is 0 Å². The molecule has 4 aromatic rings. The van der Waals surface area contributed by atoms with Crippen LogP contribution in [0.4, 0.5) is 0 Å². The molecule has 1 aliphatic carbocycles. The van der Waals surface area contributed by atoms with Crippen molar-refractivity contribution in [2.45, 2.75) is 25.2 Å². The number of hydrogen-bond acceptors (Lipinski definition) is 2. The maximum atomic E-state index is 13.8. The van der Waals surface area contributed by atoms with E-state index in [1.54, 1.807) is 0 Å². The normalized spacial score (nSPS) is 17.8. The van der Waals surface area contributed by atoms with Gasteiger partial charge in [-0.1, -0.05) is 97.1 Å². The summed E-state index contributed by atoms with van der Waals surface area (Å²) in [5.41, 5.74) is 3.88. The molecule has 0 saturated heterocycles. The molecule has 0 heterocycles. The Labute approximate surface area is 182 Å². The molecule has 31 heavy (non-hydrogen) atoms. The molecule has 1 aliphatic rings. The van der Waals surface area contributed by atoms with Crippen molar-refractivity contribution < 1.29 is 9.59 Å². The van der Waals surface area contributed by atoms with E-state index in [0.29, 0.717) is 12.0 Å². The zero-order chi connectivity index (χ0) is 21.2. The van der Waals surface area contributed by atoms with Crippen molar-refractivity contribution >= 4 is 22.3 Å². The van der Waals surface area contributed by atoms with Crippen molar-refractivity contribution in [3.63, 3.8) is 0 Å². The van der Waals surface area contributed by atoms with Crippen LogP contribution in [-0.2, 0) is 6.42 Å². The minimum Gasteiger partial charge on any atom is -0.294 e. The van der Waals surface area contributed by atoms with Gasteiger partial charge in [-0.15, -0.1) is 0 Å². The first-order valence-electron chi connectivity index (χ1n) is 10.9. The topological polar surface area (TPSA) is 34.1 Å². The predicted octanol–water partition coefficient (Wildman–Crippen LogP) is 6.64. The average Bonchev–Trinajstić information content (AvgIpc) is 2.84. The summed E-state index contributed by atoms with van der Waals surface area (Å²) < 4.78 is 0. The Bertz CT molecular complexity index is 1250. The summed E-state index contributed by atoms with van der Waals surface area (Å²) in [5.74, 6) is -0.0623. The molecule has 0 spiro atoms. The van der Waals surface area contributed by atoms with Gasteiger partial charge in [-0.05, 0) is 34.7 Å². The molecule has 2 unspecified atom stereocenters. The number of hydrogen-bond donors (Lipinski definition) is 0. The molecule has 0 bridgehead atoms. The molecular formula is C29H24O2. The first kappa shape index (κ1) is 19.4. The summed E-state index contributed by atoms with van der Waals surface area (Å²) >= 11 is 0. The Morgan fingerprint density at radius 2 is 1.45 bits per heavy atom. The predicted molar refractivity (Wildman–Crippen MR) is 125 cm³/mol. The highest BCUT2D eigenvalue weighted by molar-refractivity contribution is 6.10. The number of ketones is 2. The Morgan fingerprint density at radius 1 is 0.742 bits per heavy atom. The van der Waals surface area contributed by atoms with E-state index in [2.05, 4.69) is 12.1 Å². The van der Waals surface area contributed by atoms with Gasteiger partial charge in [0.15, 0.2) is 11.6 Å². The molecule has 0 aliphatic heterocycles. The molecule has 4 aromatic carbocycles.